The molecule has 82 valence electrons. The number of aromatic nitrogens is 2. The number of hydrogen-bond acceptors (Lipinski definition) is 2. The molecule has 0 aliphatic carbocycles. The molecule has 0 unspecified atom stereocenters. The first-order valence-electron chi connectivity index (χ1n) is 4.99. The SMILES string of the molecule is Clc1cccc(C2=[CH][Sn][c]3ncnc(Cl)c32)c1. The molecular formula is C12H6Cl2N2Sn. The van der Waals surface area contributed by atoms with E-state index in [9.17, 15) is 0 Å². The molecular weight excluding hydrogens is 362 g/mol. The molecule has 1 aromatic carbocycles. The van der Waals surface area contributed by atoms with Crippen molar-refractivity contribution in [2.75, 3.05) is 0 Å². The van der Waals surface area contributed by atoms with Gasteiger partial charge in [-0.05, 0) is 0 Å². The standard InChI is InChI=1S/C12H6Cl2N2.Sn/c1-8(9-3-2-4-10(13)5-9)11-6-15-7-16-12(11)14;/h1-5,7H;. The normalized spacial score (nSPS) is 13.4. The Morgan fingerprint density at radius 3 is 2.82 bits per heavy atom. The van der Waals surface area contributed by atoms with Gasteiger partial charge in [-0.25, -0.2) is 0 Å². The van der Waals surface area contributed by atoms with Crippen LogP contribution >= 0.6 is 23.2 Å². The van der Waals surface area contributed by atoms with Gasteiger partial charge in [0.25, 0.3) is 0 Å². The minimum atomic E-state index is -0.757. The Labute approximate surface area is 119 Å². The van der Waals surface area contributed by atoms with Gasteiger partial charge in [0.1, 0.15) is 0 Å². The van der Waals surface area contributed by atoms with Gasteiger partial charge in [0.2, 0.25) is 0 Å². The van der Waals surface area contributed by atoms with Crippen molar-refractivity contribution in [3.05, 3.63) is 56.0 Å². The van der Waals surface area contributed by atoms with Crippen molar-refractivity contribution < 1.29 is 0 Å². The maximum atomic E-state index is 6.16. The van der Waals surface area contributed by atoms with E-state index in [1.54, 1.807) is 0 Å². The van der Waals surface area contributed by atoms with Crippen molar-refractivity contribution in [1.82, 2.24) is 9.97 Å². The molecule has 2 heterocycles. The van der Waals surface area contributed by atoms with Crippen molar-refractivity contribution in [2.45, 2.75) is 0 Å². The number of hydrogen-bond donors (Lipinski definition) is 0. The van der Waals surface area contributed by atoms with Crippen molar-refractivity contribution in [2.24, 2.45) is 0 Å². The zero-order valence-electron chi connectivity index (χ0n) is 8.61. The van der Waals surface area contributed by atoms with E-state index in [-0.39, 0.29) is 0 Å². The molecule has 3 rings (SSSR count). The van der Waals surface area contributed by atoms with Crippen molar-refractivity contribution in [3.63, 3.8) is 0 Å². The zero-order valence-corrected chi connectivity index (χ0v) is 13.0. The average Bonchev–Trinajstić information content (AvgIpc) is 2.74. The molecule has 1 aliphatic rings. The monoisotopic (exact) mass is 368 g/mol. The van der Waals surface area contributed by atoms with Crippen LogP contribution in [0.3, 0.4) is 0 Å². The minimum absolute atomic E-state index is 0.541. The third-order valence-corrected chi connectivity index (χ3v) is 6.18. The number of benzene rings is 1. The molecule has 0 fully saturated rings. The Balaban J connectivity index is 2.15. The summed E-state index contributed by atoms with van der Waals surface area (Å²) in [4.78, 5) is 8.37. The fraction of sp³-hybridized carbons (Fsp3) is 0. The summed E-state index contributed by atoms with van der Waals surface area (Å²) < 4.78 is 3.42. The molecule has 1 aliphatic heterocycles. The Hall–Kier alpha value is -0.581. The zero-order chi connectivity index (χ0) is 11.8. The second-order valence-electron chi connectivity index (χ2n) is 3.60. The van der Waals surface area contributed by atoms with Gasteiger partial charge in [0, 0.05) is 0 Å². The molecule has 0 bridgehead atoms. The summed E-state index contributed by atoms with van der Waals surface area (Å²) in [6, 6.07) is 7.80. The van der Waals surface area contributed by atoms with Gasteiger partial charge >= 0.3 is 120 Å². The topological polar surface area (TPSA) is 25.8 Å². The summed E-state index contributed by atoms with van der Waals surface area (Å²) in [7, 11) is 0. The number of rotatable bonds is 1. The van der Waals surface area contributed by atoms with Gasteiger partial charge in [-0.3, -0.25) is 0 Å². The maximum absolute atomic E-state index is 6.16. The second-order valence-corrected chi connectivity index (χ2v) is 7.39. The van der Waals surface area contributed by atoms with E-state index in [1.165, 1.54) is 6.33 Å². The number of nitrogens with zero attached hydrogens (tertiary/aromatic N) is 2. The Morgan fingerprint density at radius 1 is 1.12 bits per heavy atom. The first-order valence-corrected chi connectivity index (χ1v) is 8.82. The third kappa shape index (κ3) is 2.09. The van der Waals surface area contributed by atoms with Gasteiger partial charge in [0.05, 0.1) is 0 Å². The van der Waals surface area contributed by atoms with E-state index in [2.05, 4.69) is 14.1 Å². The van der Waals surface area contributed by atoms with Gasteiger partial charge in [-0.1, -0.05) is 0 Å². The van der Waals surface area contributed by atoms with E-state index in [0.717, 1.165) is 25.4 Å². The summed E-state index contributed by atoms with van der Waals surface area (Å²) in [5, 5.41) is 1.27. The van der Waals surface area contributed by atoms with Crippen LogP contribution in [-0.4, -0.2) is 31.1 Å². The van der Waals surface area contributed by atoms with Crippen LogP contribution in [0.5, 0.6) is 0 Å². The first-order chi connectivity index (χ1) is 8.25. The van der Waals surface area contributed by atoms with E-state index in [0.29, 0.717) is 5.15 Å². The summed E-state index contributed by atoms with van der Waals surface area (Å²) >= 11 is 11.4. The molecule has 2 aromatic rings. The van der Waals surface area contributed by atoms with E-state index < -0.39 is 21.1 Å². The molecule has 2 nitrogen and oxygen atoms in total. The predicted octanol–water partition coefficient (Wildman–Crippen LogP) is 2.52. The van der Waals surface area contributed by atoms with Crippen LogP contribution in [-0.2, 0) is 0 Å². The third-order valence-electron chi connectivity index (χ3n) is 2.56. The molecule has 0 saturated heterocycles. The summed E-state index contributed by atoms with van der Waals surface area (Å²) in [5.41, 5.74) is 3.23. The van der Waals surface area contributed by atoms with Crippen molar-refractivity contribution >= 4 is 53.6 Å². The van der Waals surface area contributed by atoms with E-state index in [4.69, 9.17) is 23.2 Å². The van der Waals surface area contributed by atoms with Gasteiger partial charge in [-0.15, -0.1) is 0 Å². The summed E-state index contributed by atoms with van der Waals surface area (Å²) in [6.45, 7) is 0. The van der Waals surface area contributed by atoms with Gasteiger partial charge in [0.15, 0.2) is 0 Å². The van der Waals surface area contributed by atoms with Crippen molar-refractivity contribution in [1.29, 1.82) is 0 Å². The van der Waals surface area contributed by atoms with Crippen LogP contribution in [0.4, 0.5) is 0 Å². The molecule has 0 atom stereocenters. The predicted molar refractivity (Wildman–Crippen MR) is 71.0 cm³/mol. The van der Waals surface area contributed by atoms with Crippen LogP contribution in [0.25, 0.3) is 5.57 Å². The Kier molecular flexibility index (Phi) is 3.11. The van der Waals surface area contributed by atoms with Crippen LogP contribution in [0.15, 0.2) is 34.7 Å². The Morgan fingerprint density at radius 2 is 2.00 bits per heavy atom. The second kappa shape index (κ2) is 4.59. The van der Waals surface area contributed by atoms with E-state index >= 15 is 0 Å². The number of fused-ring (bicyclic) bond motifs is 1. The molecule has 0 saturated carbocycles. The molecule has 1 aromatic heterocycles. The van der Waals surface area contributed by atoms with Gasteiger partial charge < -0.3 is 0 Å². The fourth-order valence-corrected chi connectivity index (χ4v) is 5.66. The molecule has 0 spiro atoms. The number of halogens is 2. The van der Waals surface area contributed by atoms with Crippen molar-refractivity contribution in [3.8, 4) is 0 Å². The van der Waals surface area contributed by atoms with Gasteiger partial charge in [-0.2, -0.15) is 0 Å². The molecule has 17 heavy (non-hydrogen) atoms. The summed E-state index contributed by atoms with van der Waals surface area (Å²) in [5.74, 6) is 0. The molecule has 2 radical (unpaired) electrons. The Bertz CT molecular complexity index is 626. The van der Waals surface area contributed by atoms with Crippen LogP contribution < -0.4 is 3.71 Å². The van der Waals surface area contributed by atoms with Crippen LogP contribution in [0.1, 0.15) is 11.1 Å². The van der Waals surface area contributed by atoms with Crippen LogP contribution in [0.2, 0.25) is 10.2 Å². The summed E-state index contributed by atoms with van der Waals surface area (Å²) in [6.07, 6.45) is 1.54. The van der Waals surface area contributed by atoms with Crippen LogP contribution in [0, 0.1) is 0 Å². The fourth-order valence-electron chi connectivity index (χ4n) is 1.81. The quantitative estimate of drug-likeness (QED) is 0.572. The molecule has 0 amide bonds. The first kappa shape index (κ1) is 11.5. The molecule has 0 N–H and O–H groups in total. The molecule has 5 heteroatoms. The van der Waals surface area contributed by atoms with E-state index in [1.807, 2.05) is 24.3 Å². The average molecular weight is 368 g/mol.